The highest BCUT2D eigenvalue weighted by Gasteiger charge is 2.67. The summed E-state index contributed by atoms with van der Waals surface area (Å²) in [5, 5.41) is 10.9. The molecule has 0 radical (unpaired) electrons. The van der Waals surface area contributed by atoms with Gasteiger partial charge in [-0.05, 0) is 30.4 Å². The van der Waals surface area contributed by atoms with Gasteiger partial charge in [0.2, 0.25) is 0 Å². The first-order valence-corrected chi connectivity index (χ1v) is 8.09. The molecular formula is C11H19IOS. The Morgan fingerprint density at radius 2 is 2.14 bits per heavy atom. The monoisotopic (exact) mass is 326 g/mol. The van der Waals surface area contributed by atoms with Crippen molar-refractivity contribution in [3.8, 4) is 0 Å². The predicted octanol–water partition coefficient (Wildman–Crippen LogP) is 2.95. The summed E-state index contributed by atoms with van der Waals surface area (Å²) in [4.78, 5) is 0. The van der Waals surface area contributed by atoms with E-state index >= 15 is 0 Å². The van der Waals surface area contributed by atoms with Crippen molar-refractivity contribution in [2.75, 3.05) is 10.7 Å². The molecule has 0 aromatic rings. The van der Waals surface area contributed by atoms with Gasteiger partial charge in [-0.25, -0.2) is 0 Å². The fourth-order valence-corrected chi connectivity index (χ4v) is 6.38. The van der Waals surface area contributed by atoms with Crippen LogP contribution in [-0.4, -0.2) is 27.1 Å². The maximum Gasteiger partial charge on any atom is 0.0720 e. The average Bonchev–Trinajstić information content (AvgIpc) is 2.52. The molecule has 2 bridgehead atoms. The van der Waals surface area contributed by atoms with E-state index in [4.69, 9.17) is 0 Å². The third-order valence-corrected chi connectivity index (χ3v) is 7.72. The smallest absolute Gasteiger partial charge is 0.0720 e. The van der Waals surface area contributed by atoms with E-state index in [1.54, 1.807) is 0 Å². The topological polar surface area (TPSA) is 20.2 Å². The molecule has 0 saturated heterocycles. The Balaban J connectivity index is 2.39. The van der Waals surface area contributed by atoms with Crippen LogP contribution in [-0.2, 0) is 0 Å². The number of thioether (sulfide) groups is 1. The summed E-state index contributed by atoms with van der Waals surface area (Å²) < 4.78 is 1.18. The molecule has 1 nitrogen and oxygen atoms in total. The third-order valence-electron chi connectivity index (χ3n) is 5.01. The number of hydrogen-bond acceptors (Lipinski definition) is 2. The van der Waals surface area contributed by atoms with E-state index in [-0.39, 0.29) is 11.5 Å². The third kappa shape index (κ3) is 1.12. The van der Waals surface area contributed by atoms with Gasteiger partial charge in [0.1, 0.15) is 0 Å². The maximum atomic E-state index is 10.4. The molecular weight excluding hydrogens is 307 g/mol. The second kappa shape index (κ2) is 3.52. The normalized spacial score (nSPS) is 56.8. The fourth-order valence-electron chi connectivity index (χ4n) is 3.62. The molecule has 2 saturated carbocycles. The lowest BCUT2D eigenvalue weighted by Crippen LogP contribution is -2.40. The van der Waals surface area contributed by atoms with Gasteiger partial charge in [0.15, 0.2) is 0 Å². The van der Waals surface area contributed by atoms with Crippen LogP contribution >= 0.6 is 34.4 Å². The molecule has 0 amide bonds. The Morgan fingerprint density at radius 3 is 2.50 bits per heavy atom. The Morgan fingerprint density at radius 1 is 1.50 bits per heavy atom. The number of rotatable bonds is 2. The van der Waals surface area contributed by atoms with Crippen molar-refractivity contribution in [3.63, 3.8) is 0 Å². The molecule has 5 atom stereocenters. The van der Waals surface area contributed by atoms with Gasteiger partial charge in [0.25, 0.3) is 0 Å². The summed E-state index contributed by atoms with van der Waals surface area (Å²) in [6, 6.07) is 0. The Hall–Kier alpha value is 1.04. The second-order valence-corrected chi connectivity index (χ2v) is 7.04. The summed E-state index contributed by atoms with van der Waals surface area (Å²) in [5.41, 5.74) is 0.535. The van der Waals surface area contributed by atoms with Crippen LogP contribution in [0.2, 0.25) is 0 Å². The lowest BCUT2D eigenvalue weighted by Gasteiger charge is -2.38. The van der Waals surface area contributed by atoms with Crippen LogP contribution < -0.4 is 0 Å². The lowest BCUT2D eigenvalue weighted by atomic mass is 9.70. The van der Waals surface area contributed by atoms with E-state index in [9.17, 15) is 5.11 Å². The Kier molecular flexibility index (Phi) is 2.90. The molecule has 0 heterocycles. The van der Waals surface area contributed by atoms with E-state index in [0.29, 0.717) is 10.7 Å². The van der Waals surface area contributed by atoms with E-state index in [1.165, 1.54) is 17.3 Å². The van der Waals surface area contributed by atoms with Crippen LogP contribution in [0.15, 0.2) is 0 Å². The first kappa shape index (κ1) is 11.5. The van der Waals surface area contributed by atoms with Crippen LogP contribution in [0.25, 0.3) is 0 Å². The molecule has 0 aromatic heterocycles. The molecule has 2 rings (SSSR count). The SMILES string of the molecule is CSC1C(O)C2(C)CCC1C2(C)CI. The van der Waals surface area contributed by atoms with Crippen molar-refractivity contribution >= 4 is 34.4 Å². The van der Waals surface area contributed by atoms with Gasteiger partial charge in [-0.1, -0.05) is 36.4 Å². The summed E-state index contributed by atoms with van der Waals surface area (Å²) in [5.74, 6) is 0.731. The van der Waals surface area contributed by atoms with Gasteiger partial charge in [-0.2, -0.15) is 11.8 Å². The largest absolute Gasteiger partial charge is 0.391 e. The number of aliphatic hydroxyl groups is 1. The van der Waals surface area contributed by atoms with E-state index in [0.717, 1.165) is 5.92 Å². The number of hydrogen-bond donors (Lipinski definition) is 1. The van der Waals surface area contributed by atoms with E-state index in [1.807, 2.05) is 11.8 Å². The molecule has 2 aliphatic rings. The van der Waals surface area contributed by atoms with Crippen molar-refractivity contribution in [1.29, 1.82) is 0 Å². The van der Waals surface area contributed by atoms with Crippen LogP contribution in [0.3, 0.4) is 0 Å². The Labute approximate surface area is 105 Å². The zero-order valence-corrected chi connectivity index (χ0v) is 12.1. The minimum absolute atomic E-state index is 0.0870. The molecule has 0 aliphatic heterocycles. The van der Waals surface area contributed by atoms with Gasteiger partial charge in [-0.15, -0.1) is 0 Å². The van der Waals surface area contributed by atoms with Crippen molar-refractivity contribution in [3.05, 3.63) is 0 Å². The zero-order chi connectivity index (χ0) is 10.6. The standard InChI is InChI=1S/C11H19IOS/c1-10-5-4-7(11(10,2)6-12)8(14-3)9(10)13/h7-9,13H,4-6H2,1-3H3. The second-order valence-electron chi connectivity index (χ2n) is 5.26. The first-order valence-electron chi connectivity index (χ1n) is 5.28. The predicted molar refractivity (Wildman–Crippen MR) is 71.1 cm³/mol. The zero-order valence-electron chi connectivity index (χ0n) is 9.09. The number of fused-ring (bicyclic) bond motifs is 2. The van der Waals surface area contributed by atoms with Crippen molar-refractivity contribution in [2.24, 2.45) is 16.7 Å². The first-order chi connectivity index (χ1) is 6.51. The maximum absolute atomic E-state index is 10.4. The van der Waals surface area contributed by atoms with Crippen molar-refractivity contribution in [2.45, 2.75) is 38.0 Å². The van der Waals surface area contributed by atoms with Gasteiger partial charge >= 0.3 is 0 Å². The molecule has 0 aromatic carbocycles. The molecule has 5 unspecified atom stereocenters. The average molecular weight is 326 g/mol. The van der Waals surface area contributed by atoms with Gasteiger partial charge in [0, 0.05) is 15.1 Å². The molecule has 2 aliphatic carbocycles. The minimum atomic E-state index is -0.0870. The summed E-state index contributed by atoms with van der Waals surface area (Å²) in [6.45, 7) is 4.68. The minimum Gasteiger partial charge on any atom is -0.391 e. The van der Waals surface area contributed by atoms with Gasteiger partial charge in [-0.3, -0.25) is 0 Å². The molecule has 14 heavy (non-hydrogen) atoms. The molecule has 2 fully saturated rings. The van der Waals surface area contributed by atoms with Crippen molar-refractivity contribution in [1.82, 2.24) is 0 Å². The molecule has 3 heteroatoms. The molecule has 82 valence electrons. The van der Waals surface area contributed by atoms with Crippen LogP contribution in [0, 0.1) is 16.7 Å². The van der Waals surface area contributed by atoms with Gasteiger partial charge in [0.05, 0.1) is 6.10 Å². The summed E-state index contributed by atoms with van der Waals surface area (Å²) >= 11 is 4.37. The lowest BCUT2D eigenvalue weighted by molar-refractivity contribution is 0.0178. The highest BCUT2D eigenvalue weighted by atomic mass is 127. The highest BCUT2D eigenvalue weighted by Crippen LogP contribution is 2.68. The summed E-state index contributed by atoms with van der Waals surface area (Å²) in [7, 11) is 0. The van der Waals surface area contributed by atoms with E-state index < -0.39 is 0 Å². The Bertz CT molecular complexity index is 245. The fraction of sp³-hybridized carbons (Fsp3) is 1.00. The van der Waals surface area contributed by atoms with Gasteiger partial charge < -0.3 is 5.11 Å². The molecule has 1 N–H and O–H groups in total. The summed E-state index contributed by atoms with van der Waals surface area (Å²) in [6.07, 6.45) is 4.59. The van der Waals surface area contributed by atoms with Crippen molar-refractivity contribution < 1.29 is 5.11 Å². The number of alkyl halides is 1. The van der Waals surface area contributed by atoms with Crippen LogP contribution in [0.5, 0.6) is 0 Å². The van der Waals surface area contributed by atoms with E-state index in [2.05, 4.69) is 42.7 Å². The van der Waals surface area contributed by atoms with Crippen LogP contribution in [0.1, 0.15) is 26.7 Å². The van der Waals surface area contributed by atoms with Crippen LogP contribution in [0.4, 0.5) is 0 Å². The highest BCUT2D eigenvalue weighted by molar-refractivity contribution is 14.1. The quantitative estimate of drug-likeness (QED) is 0.622. The number of halogens is 1. The number of aliphatic hydroxyl groups excluding tert-OH is 1. The molecule has 0 spiro atoms.